The topological polar surface area (TPSA) is 58.5 Å². The average Bonchev–Trinajstić information content (AvgIpc) is 2.88. The summed E-state index contributed by atoms with van der Waals surface area (Å²) in [4.78, 5) is 2.25. The van der Waals surface area contributed by atoms with Gasteiger partial charge >= 0.3 is 0 Å². The molecule has 0 radical (unpaired) electrons. The predicted molar refractivity (Wildman–Crippen MR) is 95.8 cm³/mol. The number of nitrogens with one attached hydrogen (secondary N) is 1. The first-order valence-corrected chi connectivity index (χ1v) is 9.28. The van der Waals surface area contributed by atoms with Crippen LogP contribution < -0.4 is 4.83 Å². The summed E-state index contributed by atoms with van der Waals surface area (Å²) in [5, 5.41) is 5.61. The number of aryl methyl sites for hydroxylation is 1. The van der Waals surface area contributed by atoms with Crippen LogP contribution in [0.3, 0.4) is 0 Å². The van der Waals surface area contributed by atoms with Gasteiger partial charge in [-0.3, -0.25) is 0 Å². The zero-order valence-electron chi connectivity index (χ0n) is 13.4. The van der Waals surface area contributed by atoms with Crippen molar-refractivity contribution in [2.45, 2.75) is 18.0 Å². The van der Waals surface area contributed by atoms with E-state index in [0.29, 0.717) is 11.1 Å². The van der Waals surface area contributed by atoms with Gasteiger partial charge in [0.15, 0.2) is 6.17 Å². The second-order valence-electron chi connectivity index (χ2n) is 6.02. The molecule has 0 spiro atoms. The maximum Gasteiger partial charge on any atom is 0.276 e. The van der Waals surface area contributed by atoms with E-state index in [1.807, 2.05) is 25.1 Å². The van der Waals surface area contributed by atoms with Crippen molar-refractivity contribution in [1.29, 1.82) is 0 Å². The number of alkyl halides is 1. The molecule has 0 bridgehead atoms. The highest BCUT2D eigenvalue weighted by Crippen LogP contribution is 2.39. The van der Waals surface area contributed by atoms with Crippen LogP contribution in [0.1, 0.15) is 22.9 Å². The second kappa shape index (κ2) is 5.67. The number of benzene rings is 3. The molecule has 4 rings (SSSR count). The largest absolute Gasteiger partial charge is 0.276 e. The Balaban J connectivity index is 1.74. The van der Waals surface area contributed by atoms with Gasteiger partial charge < -0.3 is 0 Å². The molecule has 1 unspecified atom stereocenters. The lowest BCUT2D eigenvalue weighted by atomic mass is 10.1. The van der Waals surface area contributed by atoms with Gasteiger partial charge in [0.25, 0.3) is 10.0 Å². The summed E-state index contributed by atoms with van der Waals surface area (Å²) in [6.45, 7) is 1.87. The summed E-state index contributed by atoms with van der Waals surface area (Å²) >= 11 is 0. The minimum Gasteiger partial charge on any atom is -0.235 e. The van der Waals surface area contributed by atoms with Crippen LogP contribution in [0.5, 0.6) is 0 Å². The van der Waals surface area contributed by atoms with Crippen molar-refractivity contribution in [1.82, 2.24) is 4.83 Å². The fourth-order valence-corrected chi connectivity index (χ4v) is 3.89. The molecule has 1 N–H and O–H groups in total. The molecule has 3 aromatic carbocycles. The predicted octanol–water partition coefficient (Wildman–Crippen LogP) is 3.86. The van der Waals surface area contributed by atoms with Crippen molar-refractivity contribution in [3.05, 3.63) is 77.4 Å². The molecular formula is C19H15FN2O2S. The molecule has 3 aromatic rings. The highest BCUT2D eigenvalue weighted by atomic mass is 32.2. The van der Waals surface area contributed by atoms with Gasteiger partial charge in [0.1, 0.15) is 5.71 Å². The fraction of sp³-hybridized carbons (Fsp3) is 0.105. The number of sulfonamides is 1. The molecule has 0 saturated heterocycles. The summed E-state index contributed by atoms with van der Waals surface area (Å²) in [7, 11) is -3.85. The van der Waals surface area contributed by atoms with Gasteiger partial charge in [-0.1, -0.05) is 54.1 Å². The van der Waals surface area contributed by atoms with Crippen LogP contribution in [0.25, 0.3) is 10.8 Å². The van der Waals surface area contributed by atoms with E-state index in [1.54, 1.807) is 30.3 Å². The van der Waals surface area contributed by atoms with Crippen LogP contribution in [0.2, 0.25) is 0 Å². The van der Waals surface area contributed by atoms with Gasteiger partial charge in [0, 0.05) is 11.1 Å². The second-order valence-corrected chi connectivity index (χ2v) is 7.68. The maximum atomic E-state index is 14.8. The number of halogens is 1. The molecule has 0 heterocycles. The SMILES string of the molecule is Cc1ccc(S(=O)(=O)N/N=C2\c3cccc4cccc(c34)C2F)cc1. The highest BCUT2D eigenvalue weighted by Gasteiger charge is 2.31. The molecule has 0 fully saturated rings. The molecule has 1 aliphatic rings. The molecular weight excluding hydrogens is 339 g/mol. The summed E-state index contributed by atoms with van der Waals surface area (Å²) < 4.78 is 39.6. The zero-order valence-corrected chi connectivity index (χ0v) is 14.2. The van der Waals surface area contributed by atoms with E-state index >= 15 is 0 Å². The Bertz CT molecular complexity index is 1100. The van der Waals surface area contributed by atoms with Crippen LogP contribution in [0.15, 0.2) is 70.7 Å². The number of rotatable bonds is 3. The summed E-state index contributed by atoms with van der Waals surface area (Å²) in [5.41, 5.74) is 2.17. The van der Waals surface area contributed by atoms with Gasteiger partial charge in [-0.15, -0.1) is 0 Å². The molecule has 4 nitrogen and oxygen atoms in total. The van der Waals surface area contributed by atoms with E-state index in [1.165, 1.54) is 12.1 Å². The maximum absolute atomic E-state index is 14.8. The van der Waals surface area contributed by atoms with E-state index in [4.69, 9.17) is 0 Å². The van der Waals surface area contributed by atoms with Crippen molar-refractivity contribution in [2.24, 2.45) is 5.10 Å². The van der Waals surface area contributed by atoms with Gasteiger partial charge in [-0.05, 0) is 29.8 Å². The van der Waals surface area contributed by atoms with E-state index < -0.39 is 16.2 Å². The number of nitrogens with zero attached hydrogens (tertiary/aromatic N) is 1. The monoisotopic (exact) mass is 354 g/mol. The van der Waals surface area contributed by atoms with Crippen molar-refractivity contribution in [2.75, 3.05) is 0 Å². The highest BCUT2D eigenvalue weighted by molar-refractivity contribution is 7.89. The molecule has 1 aliphatic carbocycles. The normalized spacial score (nSPS) is 18.0. The summed E-state index contributed by atoms with van der Waals surface area (Å²) in [5.74, 6) is 0. The Labute approximate surface area is 145 Å². The Morgan fingerprint density at radius 1 is 1.00 bits per heavy atom. The fourth-order valence-electron chi connectivity index (χ4n) is 3.07. The Kier molecular flexibility index (Phi) is 3.58. The van der Waals surface area contributed by atoms with Gasteiger partial charge in [0.05, 0.1) is 4.90 Å². The first-order chi connectivity index (χ1) is 12.0. The number of hydrazone groups is 1. The lowest BCUT2D eigenvalue weighted by molar-refractivity contribution is 0.445. The van der Waals surface area contributed by atoms with Gasteiger partial charge in [-0.2, -0.15) is 18.4 Å². The Morgan fingerprint density at radius 3 is 2.40 bits per heavy atom. The molecule has 25 heavy (non-hydrogen) atoms. The average molecular weight is 354 g/mol. The Morgan fingerprint density at radius 2 is 1.68 bits per heavy atom. The molecule has 6 heteroatoms. The zero-order chi connectivity index (χ0) is 17.6. The lowest BCUT2D eigenvalue weighted by Gasteiger charge is -2.07. The van der Waals surface area contributed by atoms with Crippen molar-refractivity contribution < 1.29 is 12.8 Å². The molecule has 0 amide bonds. The van der Waals surface area contributed by atoms with E-state index in [2.05, 4.69) is 9.93 Å². The quantitative estimate of drug-likeness (QED) is 0.726. The third kappa shape index (κ3) is 2.59. The van der Waals surface area contributed by atoms with Crippen LogP contribution in [0.4, 0.5) is 4.39 Å². The molecule has 0 aliphatic heterocycles. The first-order valence-electron chi connectivity index (χ1n) is 7.79. The third-order valence-corrected chi connectivity index (χ3v) is 5.57. The number of hydrogen-bond donors (Lipinski definition) is 1. The van der Waals surface area contributed by atoms with Gasteiger partial charge in [0.2, 0.25) is 0 Å². The standard InChI is InChI=1S/C19H15FN2O2S/c1-12-8-10-14(11-9-12)25(23,24)22-21-19-16-7-3-5-13-4-2-6-15(17(13)16)18(19)20/h2-11,18,22H,1H3/b21-19+. The van der Waals surface area contributed by atoms with E-state index in [0.717, 1.165) is 16.3 Å². The lowest BCUT2D eigenvalue weighted by Crippen LogP contribution is -2.21. The molecule has 0 aromatic heterocycles. The molecule has 1 atom stereocenters. The summed E-state index contributed by atoms with van der Waals surface area (Å²) in [6.07, 6.45) is -1.46. The minimum absolute atomic E-state index is 0.0856. The van der Waals surface area contributed by atoms with Crippen molar-refractivity contribution >= 4 is 26.5 Å². The van der Waals surface area contributed by atoms with Gasteiger partial charge in [-0.25, -0.2) is 4.39 Å². The van der Waals surface area contributed by atoms with Crippen molar-refractivity contribution in [3.8, 4) is 0 Å². The third-order valence-electron chi connectivity index (χ3n) is 4.34. The smallest absolute Gasteiger partial charge is 0.235 e. The van der Waals surface area contributed by atoms with Crippen LogP contribution >= 0.6 is 0 Å². The van der Waals surface area contributed by atoms with Crippen LogP contribution in [-0.4, -0.2) is 14.1 Å². The number of hydrogen-bond acceptors (Lipinski definition) is 3. The first kappa shape index (κ1) is 15.8. The van der Waals surface area contributed by atoms with Crippen LogP contribution in [-0.2, 0) is 10.0 Å². The van der Waals surface area contributed by atoms with Crippen LogP contribution in [0, 0.1) is 6.92 Å². The van der Waals surface area contributed by atoms with Crippen molar-refractivity contribution in [3.63, 3.8) is 0 Å². The summed E-state index contributed by atoms with van der Waals surface area (Å²) in [6, 6.07) is 17.2. The molecule has 0 saturated carbocycles. The van der Waals surface area contributed by atoms with E-state index in [9.17, 15) is 12.8 Å². The van der Waals surface area contributed by atoms with E-state index in [-0.39, 0.29) is 10.6 Å². The Hall–Kier alpha value is -2.73. The minimum atomic E-state index is -3.85. The molecule has 126 valence electrons.